The number of imidazole rings is 1. The molecule has 4 aromatic rings. The number of hydrogen-bond acceptors (Lipinski definition) is 7. The van der Waals surface area contributed by atoms with E-state index in [-0.39, 0.29) is 6.04 Å². The largest absolute Gasteiger partial charge is 0.492 e. The Morgan fingerprint density at radius 1 is 1.14 bits per heavy atom. The fourth-order valence-corrected chi connectivity index (χ4v) is 3.19. The molecule has 0 atom stereocenters. The minimum absolute atomic E-state index is 0.224. The van der Waals surface area contributed by atoms with Gasteiger partial charge in [-0.1, -0.05) is 23.4 Å². The zero-order chi connectivity index (χ0) is 20.4. The number of fused-ring (bicyclic) bond motifs is 1. The van der Waals surface area contributed by atoms with Crippen LogP contribution in [0.5, 0.6) is 5.75 Å². The molecule has 29 heavy (non-hydrogen) atoms. The highest BCUT2D eigenvalue weighted by Crippen LogP contribution is 2.29. The zero-order valence-corrected chi connectivity index (χ0v) is 17.0. The van der Waals surface area contributed by atoms with Crippen molar-refractivity contribution in [2.45, 2.75) is 33.7 Å². The lowest BCUT2D eigenvalue weighted by molar-refractivity contribution is 0.333. The maximum atomic E-state index is 5.77. The van der Waals surface area contributed by atoms with Gasteiger partial charge in [-0.2, -0.15) is 0 Å². The normalized spacial score (nSPS) is 11.3. The van der Waals surface area contributed by atoms with Gasteiger partial charge >= 0.3 is 0 Å². The number of benzene rings is 1. The van der Waals surface area contributed by atoms with Gasteiger partial charge in [0.2, 0.25) is 0 Å². The van der Waals surface area contributed by atoms with Crippen molar-refractivity contribution in [1.82, 2.24) is 24.7 Å². The molecule has 0 radical (unpaired) electrons. The molecular weight excluding hydrogens is 368 g/mol. The van der Waals surface area contributed by atoms with E-state index in [0.29, 0.717) is 30.6 Å². The lowest BCUT2D eigenvalue weighted by Crippen LogP contribution is -2.13. The van der Waals surface area contributed by atoms with Crippen molar-refractivity contribution < 1.29 is 9.26 Å². The predicted octanol–water partition coefficient (Wildman–Crippen LogP) is 4.17. The third kappa shape index (κ3) is 3.78. The quantitative estimate of drug-likeness (QED) is 0.472. The molecule has 0 aliphatic carbocycles. The molecule has 0 aliphatic heterocycles. The molecule has 3 aromatic heterocycles. The fourth-order valence-electron chi connectivity index (χ4n) is 3.19. The van der Waals surface area contributed by atoms with Gasteiger partial charge in [0.1, 0.15) is 23.6 Å². The van der Waals surface area contributed by atoms with E-state index >= 15 is 0 Å². The number of nitrogens with zero attached hydrogens (tertiary/aromatic N) is 5. The topological polar surface area (TPSA) is 90.9 Å². The Kier molecular flexibility index (Phi) is 5.16. The minimum atomic E-state index is 0.224. The third-order valence-electron chi connectivity index (χ3n) is 4.64. The maximum absolute atomic E-state index is 5.77. The average molecular weight is 392 g/mol. The standard InChI is InChI=1S/C21H24N6O2/c1-13(2)27-12-23-18-20(22-10-11-28-16-8-6-5-7-9-16)24-19(25-21(18)27)17-14(3)26-29-15(17)4/h5-9,12-13H,10-11H2,1-4H3,(H,22,24,25). The summed E-state index contributed by atoms with van der Waals surface area (Å²) in [7, 11) is 0. The lowest BCUT2D eigenvalue weighted by Gasteiger charge is -2.11. The van der Waals surface area contributed by atoms with Crippen molar-refractivity contribution in [3.05, 3.63) is 48.1 Å². The molecule has 0 saturated carbocycles. The van der Waals surface area contributed by atoms with Crippen molar-refractivity contribution in [2.75, 3.05) is 18.5 Å². The van der Waals surface area contributed by atoms with Crippen molar-refractivity contribution >= 4 is 17.0 Å². The van der Waals surface area contributed by atoms with E-state index in [0.717, 1.165) is 28.2 Å². The van der Waals surface area contributed by atoms with Crippen LogP contribution >= 0.6 is 0 Å². The first-order valence-electron chi connectivity index (χ1n) is 9.64. The molecule has 8 heteroatoms. The monoisotopic (exact) mass is 392 g/mol. The summed E-state index contributed by atoms with van der Waals surface area (Å²) in [5, 5.41) is 7.39. The Morgan fingerprint density at radius 2 is 1.93 bits per heavy atom. The average Bonchev–Trinajstić information content (AvgIpc) is 3.29. The molecule has 3 heterocycles. The Labute approximate surface area is 168 Å². The van der Waals surface area contributed by atoms with E-state index in [2.05, 4.69) is 29.3 Å². The van der Waals surface area contributed by atoms with Crippen LogP contribution in [0.25, 0.3) is 22.6 Å². The Morgan fingerprint density at radius 3 is 2.62 bits per heavy atom. The van der Waals surface area contributed by atoms with E-state index in [9.17, 15) is 0 Å². The molecule has 8 nitrogen and oxygen atoms in total. The van der Waals surface area contributed by atoms with Gasteiger partial charge in [-0.05, 0) is 39.8 Å². The van der Waals surface area contributed by atoms with E-state index in [1.807, 2.05) is 48.7 Å². The second-order valence-corrected chi connectivity index (χ2v) is 7.10. The minimum Gasteiger partial charge on any atom is -0.492 e. The van der Waals surface area contributed by atoms with Crippen LogP contribution in [0, 0.1) is 13.8 Å². The van der Waals surface area contributed by atoms with Crippen molar-refractivity contribution in [3.63, 3.8) is 0 Å². The molecule has 150 valence electrons. The molecule has 0 saturated heterocycles. The maximum Gasteiger partial charge on any atom is 0.169 e. The highest BCUT2D eigenvalue weighted by molar-refractivity contribution is 5.85. The van der Waals surface area contributed by atoms with E-state index in [1.54, 1.807) is 6.33 Å². The van der Waals surface area contributed by atoms with Crippen molar-refractivity contribution in [2.24, 2.45) is 0 Å². The number of nitrogens with one attached hydrogen (secondary N) is 1. The predicted molar refractivity (Wildman–Crippen MR) is 111 cm³/mol. The Hall–Kier alpha value is -3.42. The van der Waals surface area contributed by atoms with Crippen LogP contribution in [-0.4, -0.2) is 37.8 Å². The summed E-state index contributed by atoms with van der Waals surface area (Å²) in [4.78, 5) is 14.0. The van der Waals surface area contributed by atoms with Gasteiger partial charge in [0.15, 0.2) is 17.3 Å². The number of anilines is 1. The molecule has 0 unspecified atom stereocenters. The van der Waals surface area contributed by atoms with Gasteiger partial charge in [0.25, 0.3) is 0 Å². The molecular formula is C21H24N6O2. The van der Waals surface area contributed by atoms with Crippen LogP contribution in [0.4, 0.5) is 5.82 Å². The van der Waals surface area contributed by atoms with Gasteiger partial charge in [-0.25, -0.2) is 15.0 Å². The lowest BCUT2D eigenvalue weighted by atomic mass is 10.2. The van der Waals surface area contributed by atoms with Crippen LogP contribution < -0.4 is 10.1 Å². The van der Waals surface area contributed by atoms with Crippen molar-refractivity contribution in [3.8, 4) is 17.1 Å². The van der Waals surface area contributed by atoms with E-state index in [4.69, 9.17) is 19.2 Å². The molecule has 1 N–H and O–H groups in total. The number of aryl methyl sites for hydroxylation is 2. The summed E-state index contributed by atoms with van der Waals surface area (Å²) in [6, 6.07) is 9.95. The second-order valence-electron chi connectivity index (χ2n) is 7.10. The first kappa shape index (κ1) is 18.9. The summed E-state index contributed by atoms with van der Waals surface area (Å²) in [5.41, 5.74) is 3.08. The second kappa shape index (κ2) is 7.90. The first-order chi connectivity index (χ1) is 14.0. The van der Waals surface area contributed by atoms with Gasteiger partial charge in [0.05, 0.1) is 24.1 Å². The summed E-state index contributed by atoms with van der Waals surface area (Å²) in [6.45, 7) is 9.03. The van der Waals surface area contributed by atoms with E-state index < -0.39 is 0 Å². The first-order valence-corrected chi connectivity index (χ1v) is 9.64. The summed E-state index contributed by atoms with van der Waals surface area (Å²) < 4.78 is 13.1. The van der Waals surface area contributed by atoms with Crippen LogP contribution in [0.3, 0.4) is 0 Å². The van der Waals surface area contributed by atoms with Gasteiger partial charge < -0.3 is 19.1 Å². The highest BCUT2D eigenvalue weighted by atomic mass is 16.5. The van der Waals surface area contributed by atoms with Gasteiger partial charge in [0, 0.05) is 6.04 Å². The van der Waals surface area contributed by atoms with Gasteiger partial charge in [-0.3, -0.25) is 0 Å². The number of aromatic nitrogens is 5. The Balaban J connectivity index is 1.65. The fraction of sp³-hybridized carbons (Fsp3) is 0.333. The number of hydrogen-bond donors (Lipinski definition) is 1. The highest BCUT2D eigenvalue weighted by Gasteiger charge is 2.20. The Bertz CT molecular complexity index is 1100. The third-order valence-corrected chi connectivity index (χ3v) is 4.64. The summed E-state index contributed by atoms with van der Waals surface area (Å²) >= 11 is 0. The SMILES string of the molecule is Cc1noc(C)c1-c1nc(NCCOc2ccccc2)c2ncn(C(C)C)c2n1. The summed E-state index contributed by atoms with van der Waals surface area (Å²) in [5.74, 6) is 2.77. The molecule has 0 bridgehead atoms. The zero-order valence-electron chi connectivity index (χ0n) is 17.0. The van der Waals surface area contributed by atoms with E-state index in [1.165, 1.54) is 0 Å². The molecule has 0 amide bonds. The molecule has 1 aromatic carbocycles. The van der Waals surface area contributed by atoms with Crippen LogP contribution in [0.15, 0.2) is 41.2 Å². The number of ether oxygens (including phenoxy) is 1. The number of para-hydroxylation sites is 1. The van der Waals surface area contributed by atoms with Crippen molar-refractivity contribution in [1.29, 1.82) is 0 Å². The van der Waals surface area contributed by atoms with Crippen LogP contribution in [0.2, 0.25) is 0 Å². The molecule has 4 rings (SSSR count). The van der Waals surface area contributed by atoms with Crippen LogP contribution in [-0.2, 0) is 0 Å². The summed E-state index contributed by atoms with van der Waals surface area (Å²) in [6.07, 6.45) is 1.80. The molecule has 0 fully saturated rings. The molecule has 0 aliphatic rings. The van der Waals surface area contributed by atoms with Crippen LogP contribution in [0.1, 0.15) is 31.3 Å². The number of rotatable bonds is 7. The molecule has 0 spiro atoms. The smallest absolute Gasteiger partial charge is 0.169 e. The van der Waals surface area contributed by atoms with Gasteiger partial charge in [-0.15, -0.1) is 0 Å².